The lowest BCUT2D eigenvalue weighted by Gasteiger charge is -2.39. The largest absolute Gasteiger partial charge is 0.378 e. The van der Waals surface area contributed by atoms with E-state index in [1.54, 1.807) is 0 Å². The summed E-state index contributed by atoms with van der Waals surface area (Å²) in [5, 5.41) is 3.87. The Morgan fingerprint density at radius 3 is 2.41 bits per heavy atom. The van der Waals surface area contributed by atoms with Crippen LogP contribution in [-0.4, -0.2) is 36.3 Å². The molecule has 0 aromatic carbocycles. The Morgan fingerprint density at radius 2 is 1.76 bits per heavy atom. The maximum atomic E-state index is 5.92. The molecule has 1 N–H and O–H groups in total. The van der Waals surface area contributed by atoms with Crippen molar-refractivity contribution >= 4 is 11.8 Å². The standard InChI is InChI=1S/C14H27NOS/c1-14(2,3)13-10-12(4-7-16-13)15-11-5-8-17-9-6-11/h11-13,15H,4-10H2,1-3H3/t12-,13+/m0/s1. The SMILES string of the molecule is CC(C)(C)[C@H]1C[C@@H](NC2CCSCC2)CCO1. The van der Waals surface area contributed by atoms with Crippen LogP contribution in [0, 0.1) is 5.41 Å². The highest BCUT2D eigenvalue weighted by molar-refractivity contribution is 7.99. The van der Waals surface area contributed by atoms with Gasteiger partial charge in [0, 0.05) is 18.7 Å². The van der Waals surface area contributed by atoms with E-state index in [0.717, 1.165) is 12.6 Å². The molecule has 0 aromatic heterocycles. The first-order chi connectivity index (χ1) is 8.05. The van der Waals surface area contributed by atoms with Gasteiger partial charge in [0.25, 0.3) is 0 Å². The molecule has 0 radical (unpaired) electrons. The molecule has 0 aromatic rings. The Morgan fingerprint density at radius 1 is 1.06 bits per heavy atom. The summed E-state index contributed by atoms with van der Waals surface area (Å²) in [5.74, 6) is 2.67. The summed E-state index contributed by atoms with van der Waals surface area (Å²) in [7, 11) is 0. The van der Waals surface area contributed by atoms with E-state index in [-0.39, 0.29) is 5.41 Å². The Bertz CT molecular complexity index is 233. The molecule has 0 aliphatic carbocycles. The van der Waals surface area contributed by atoms with Crippen LogP contribution in [0.3, 0.4) is 0 Å². The smallest absolute Gasteiger partial charge is 0.0638 e. The van der Waals surface area contributed by atoms with Crippen LogP contribution in [0.4, 0.5) is 0 Å². The van der Waals surface area contributed by atoms with E-state index in [1.165, 1.54) is 37.2 Å². The van der Waals surface area contributed by atoms with Gasteiger partial charge in [0.2, 0.25) is 0 Å². The van der Waals surface area contributed by atoms with E-state index in [4.69, 9.17) is 4.74 Å². The number of hydrogen-bond donors (Lipinski definition) is 1. The van der Waals surface area contributed by atoms with Crippen molar-refractivity contribution in [1.29, 1.82) is 0 Å². The van der Waals surface area contributed by atoms with E-state index in [1.807, 2.05) is 0 Å². The molecule has 0 saturated carbocycles. The fourth-order valence-electron chi connectivity index (χ4n) is 2.75. The van der Waals surface area contributed by atoms with E-state index >= 15 is 0 Å². The topological polar surface area (TPSA) is 21.3 Å². The Labute approximate surface area is 110 Å². The molecule has 17 heavy (non-hydrogen) atoms. The zero-order valence-corrected chi connectivity index (χ0v) is 12.3. The zero-order valence-electron chi connectivity index (χ0n) is 11.5. The van der Waals surface area contributed by atoms with Gasteiger partial charge in [-0.15, -0.1) is 0 Å². The second kappa shape index (κ2) is 5.94. The summed E-state index contributed by atoms with van der Waals surface area (Å²) in [6.45, 7) is 7.80. The fourth-order valence-corrected chi connectivity index (χ4v) is 3.86. The van der Waals surface area contributed by atoms with Crippen molar-refractivity contribution in [1.82, 2.24) is 5.32 Å². The Balaban J connectivity index is 1.80. The molecule has 2 aliphatic rings. The van der Waals surface area contributed by atoms with Crippen LogP contribution in [-0.2, 0) is 4.74 Å². The van der Waals surface area contributed by atoms with Crippen molar-refractivity contribution in [3.63, 3.8) is 0 Å². The number of hydrogen-bond acceptors (Lipinski definition) is 3. The second-order valence-corrected chi connectivity index (χ2v) is 7.72. The van der Waals surface area contributed by atoms with Gasteiger partial charge in [-0.3, -0.25) is 0 Å². The molecule has 0 spiro atoms. The first kappa shape index (κ1) is 13.7. The minimum Gasteiger partial charge on any atom is -0.378 e. The molecule has 0 bridgehead atoms. The number of ether oxygens (including phenoxy) is 1. The maximum absolute atomic E-state index is 5.92. The first-order valence-electron chi connectivity index (χ1n) is 7.01. The average molecular weight is 257 g/mol. The summed E-state index contributed by atoms with van der Waals surface area (Å²) < 4.78 is 5.92. The lowest BCUT2D eigenvalue weighted by molar-refractivity contribution is -0.0593. The van der Waals surface area contributed by atoms with Gasteiger partial charge in [-0.05, 0) is 42.6 Å². The van der Waals surface area contributed by atoms with Crippen LogP contribution in [0.2, 0.25) is 0 Å². The van der Waals surface area contributed by atoms with Gasteiger partial charge >= 0.3 is 0 Å². The quantitative estimate of drug-likeness (QED) is 0.821. The molecule has 3 heteroatoms. The van der Waals surface area contributed by atoms with Crippen LogP contribution in [0.15, 0.2) is 0 Å². The van der Waals surface area contributed by atoms with Gasteiger partial charge < -0.3 is 10.1 Å². The Hall–Kier alpha value is 0.270. The third-order valence-electron chi connectivity index (χ3n) is 3.94. The predicted octanol–water partition coefficient (Wildman–Crippen LogP) is 3.07. The minimum absolute atomic E-state index is 0.281. The molecule has 0 amide bonds. The van der Waals surface area contributed by atoms with Gasteiger partial charge in [0.15, 0.2) is 0 Å². The van der Waals surface area contributed by atoms with Crippen molar-refractivity contribution in [2.45, 2.75) is 64.6 Å². The molecule has 0 unspecified atom stereocenters. The van der Waals surface area contributed by atoms with Crippen molar-refractivity contribution in [3.05, 3.63) is 0 Å². The lowest BCUT2D eigenvalue weighted by atomic mass is 9.83. The normalized spacial score (nSPS) is 32.6. The third-order valence-corrected chi connectivity index (χ3v) is 4.99. The molecule has 2 aliphatic heterocycles. The van der Waals surface area contributed by atoms with E-state index < -0.39 is 0 Å². The summed E-state index contributed by atoms with van der Waals surface area (Å²) >= 11 is 2.10. The molecule has 2 fully saturated rings. The van der Waals surface area contributed by atoms with E-state index in [9.17, 15) is 0 Å². The van der Waals surface area contributed by atoms with Crippen molar-refractivity contribution in [2.75, 3.05) is 18.1 Å². The highest BCUT2D eigenvalue weighted by Gasteiger charge is 2.32. The summed E-state index contributed by atoms with van der Waals surface area (Å²) in [6, 6.07) is 1.45. The van der Waals surface area contributed by atoms with Crippen LogP contribution in [0.25, 0.3) is 0 Å². The fraction of sp³-hybridized carbons (Fsp3) is 1.00. The minimum atomic E-state index is 0.281. The summed E-state index contributed by atoms with van der Waals surface area (Å²) in [6.07, 6.45) is 5.50. The molecule has 100 valence electrons. The number of thioether (sulfide) groups is 1. The summed E-state index contributed by atoms with van der Waals surface area (Å²) in [5.41, 5.74) is 0.281. The van der Waals surface area contributed by atoms with Gasteiger partial charge in [0.1, 0.15) is 0 Å². The summed E-state index contributed by atoms with van der Waals surface area (Å²) in [4.78, 5) is 0. The predicted molar refractivity (Wildman–Crippen MR) is 75.7 cm³/mol. The second-order valence-electron chi connectivity index (χ2n) is 6.50. The van der Waals surface area contributed by atoms with E-state index in [0.29, 0.717) is 12.1 Å². The van der Waals surface area contributed by atoms with E-state index in [2.05, 4.69) is 37.8 Å². The van der Waals surface area contributed by atoms with Crippen LogP contribution >= 0.6 is 11.8 Å². The maximum Gasteiger partial charge on any atom is 0.0638 e. The third kappa shape index (κ3) is 4.15. The molecule has 2 atom stereocenters. The van der Waals surface area contributed by atoms with Gasteiger partial charge in [0.05, 0.1) is 6.10 Å². The lowest BCUT2D eigenvalue weighted by Crippen LogP contribution is -2.48. The number of rotatable bonds is 2. The molecule has 2 nitrogen and oxygen atoms in total. The highest BCUT2D eigenvalue weighted by Crippen LogP contribution is 2.30. The van der Waals surface area contributed by atoms with Crippen molar-refractivity contribution in [2.24, 2.45) is 5.41 Å². The molecule has 2 saturated heterocycles. The van der Waals surface area contributed by atoms with Crippen LogP contribution in [0.1, 0.15) is 46.5 Å². The molecule has 2 heterocycles. The van der Waals surface area contributed by atoms with Gasteiger partial charge in [-0.1, -0.05) is 20.8 Å². The first-order valence-corrected chi connectivity index (χ1v) is 8.16. The molecule has 2 rings (SSSR count). The van der Waals surface area contributed by atoms with Crippen molar-refractivity contribution < 1.29 is 4.74 Å². The number of nitrogens with one attached hydrogen (secondary N) is 1. The average Bonchev–Trinajstić information content (AvgIpc) is 2.29. The molecular formula is C14H27NOS. The van der Waals surface area contributed by atoms with Crippen LogP contribution < -0.4 is 5.32 Å². The monoisotopic (exact) mass is 257 g/mol. The molecular weight excluding hydrogens is 230 g/mol. The highest BCUT2D eigenvalue weighted by atomic mass is 32.2. The zero-order chi connectivity index (χ0) is 12.3. The Kier molecular flexibility index (Phi) is 4.79. The van der Waals surface area contributed by atoms with Gasteiger partial charge in [-0.25, -0.2) is 0 Å². The van der Waals surface area contributed by atoms with Crippen molar-refractivity contribution in [3.8, 4) is 0 Å². The van der Waals surface area contributed by atoms with Gasteiger partial charge in [-0.2, -0.15) is 11.8 Å². The van der Waals surface area contributed by atoms with Crippen LogP contribution in [0.5, 0.6) is 0 Å².